The zero-order valence-corrected chi connectivity index (χ0v) is 11.3. The summed E-state index contributed by atoms with van der Waals surface area (Å²) in [5, 5.41) is 19.9. The Bertz CT molecular complexity index is 443. The van der Waals surface area contributed by atoms with Crippen LogP contribution in [0.1, 0.15) is 18.9 Å². The molecule has 1 aromatic rings. The van der Waals surface area contributed by atoms with E-state index in [0.717, 1.165) is 6.42 Å². The molecule has 0 saturated heterocycles. The van der Waals surface area contributed by atoms with Crippen LogP contribution in [0.15, 0.2) is 24.3 Å². The topological polar surface area (TPSA) is 95.9 Å². The van der Waals surface area contributed by atoms with Gasteiger partial charge in [0.25, 0.3) is 5.91 Å². The lowest BCUT2D eigenvalue weighted by atomic mass is 10.2. The van der Waals surface area contributed by atoms with Crippen LogP contribution in [0.25, 0.3) is 0 Å². The highest BCUT2D eigenvalue weighted by Gasteiger charge is 2.12. The molecule has 1 atom stereocenters. The minimum atomic E-state index is -1.46. The molecule has 0 fully saturated rings. The maximum Gasteiger partial charge on any atom is 0.332 e. The number of hydrogen-bond donors (Lipinski definition) is 3. The Morgan fingerprint density at radius 2 is 1.95 bits per heavy atom. The average molecular weight is 281 g/mol. The Morgan fingerprint density at radius 1 is 1.30 bits per heavy atom. The van der Waals surface area contributed by atoms with Crippen LogP contribution in [-0.4, -0.2) is 41.3 Å². The van der Waals surface area contributed by atoms with E-state index in [9.17, 15) is 9.59 Å². The molecule has 0 radical (unpaired) electrons. The van der Waals surface area contributed by atoms with Crippen molar-refractivity contribution in [2.45, 2.75) is 25.9 Å². The van der Waals surface area contributed by atoms with E-state index in [1.807, 2.05) is 12.1 Å². The Kier molecular flexibility index (Phi) is 6.52. The largest absolute Gasteiger partial charge is 0.484 e. The number of benzene rings is 1. The summed E-state index contributed by atoms with van der Waals surface area (Å²) in [5.41, 5.74) is 1.18. The van der Waals surface area contributed by atoms with E-state index in [1.54, 1.807) is 12.1 Å². The molecule has 3 N–H and O–H groups in total. The maximum atomic E-state index is 11.4. The van der Waals surface area contributed by atoms with Crippen LogP contribution in [0, 0.1) is 0 Å². The first-order valence-electron chi connectivity index (χ1n) is 6.42. The number of aliphatic hydroxyl groups excluding tert-OH is 1. The second-order valence-electron chi connectivity index (χ2n) is 4.28. The molecule has 6 heteroatoms. The molecule has 0 aliphatic heterocycles. The monoisotopic (exact) mass is 281 g/mol. The molecule has 0 heterocycles. The highest BCUT2D eigenvalue weighted by Crippen LogP contribution is 2.12. The Morgan fingerprint density at radius 3 is 2.50 bits per heavy atom. The van der Waals surface area contributed by atoms with Gasteiger partial charge < -0.3 is 20.3 Å². The maximum absolute atomic E-state index is 11.4. The number of rotatable bonds is 8. The fourth-order valence-electron chi connectivity index (χ4n) is 1.49. The number of aliphatic hydroxyl groups is 1. The third-order valence-corrected chi connectivity index (χ3v) is 2.73. The van der Waals surface area contributed by atoms with E-state index in [1.165, 1.54) is 5.56 Å². The Balaban J connectivity index is 2.23. The molecule has 1 rings (SSSR count). The van der Waals surface area contributed by atoms with E-state index < -0.39 is 12.1 Å². The Hall–Kier alpha value is -2.08. The van der Waals surface area contributed by atoms with Crippen molar-refractivity contribution in [2.24, 2.45) is 0 Å². The average Bonchev–Trinajstić information content (AvgIpc) is 2.45. The molecule has 0 unspecified atom stereocenters. The molecule has 0 aliphatic carbocycles. The lowest BCUT2D eigenvalue weighted by molar-refractivity contribution is -0.147. The van der Waals surface area contributed by atoms with Crippen LogP contribution in [0.4, 0.5) is 0 Å². The van der Waals surface area contributed by atoms with Crippen LogP contribution in [0.5, 0.6) is 5.75 Å². The fourth-order valence-corrected chi connectivity index (χ4v) is 1.49. The summed E-state index contributed by atoms with van der Waals surface area (Å²) in [5.74, 6) is -1.06. The number of hydrogen-bond acceptors (Lipinski definition) is 4. The van der Waals surface area contributed by atoms with E-state index >= 15 is 0 Å². The predicted octanol–water partition coefficient (Wildman–Crippen LogP) is 0.580. The Labute approximate surface area is 117 Å². The summed E-state index contributed by atoms with van der Waals surface area (Å²) in [7, 11) is 0. The lowest BCUT2D eigenvalue weighted by Crippen LogP contribution is -2.33. The highest BCUT2D eigenvalue weighted by atomic mass is 16.5. The van der Waals surface area contributed by atoms with Gasteiger partial charge in [0.15, 0.2) is 12.7 Å². The summed E-state index contributed by atoms with van der Waals surface area (Å²) in [6.45, 7) is 1.99. The first-order valence-corrected chi connectivity index (χ1v) is 6.42. The van der Waals surface area contributed by atoms with Gasteiger partial charge in [0, 0.05) is 13.0 Å². The van der Waals surface area contributed by atoms with Gasteiger partial charge in [-0.25, -0.2) is 4.79 Å². The van der Waals surface area contributed by atoms with Gasteiger partial charge in [-0.2, -0.15) is 0 Å². The van der Waals surface area contributed by atoms with Crippen molar-refractivity contribution >= 4 is 11.9 Å². The quantitative estimate of drug-likeness (QED) is 0.648. The molecule has 1 amide bonds. The van der Waals surface area contributed by atoms with Crippen LogP contribution < -0.4 is 10.1 Å². The second kappa shape index (κ2) is 8.16. The van der Waals surface area contributed by atoms with Gasteiger partial charge >= 0.3 is 5.97 Å². The van der Waals surface area contributed by atoms with Gasteiger partial charge in [0.05, 0.1) is 0 Å². The molecule has 0 bridgehead atoms. The van der Waals surface area contributed by atoms with Crippen molar-refractivity contribution in [1.29, 1.82) is 0 Å². The lowest BCUT2D eigenvalue weighted by Gasteiger charge is -2.09. The summed E-state index contributed by atoms with van der Waals surface area (Å²) in [6, 6.07) is 7.44. The van der Waals surface area contributed by atoms with Gasteiger partial charge in [-0.1, -0.05) is 19.1 Å². The number of amides is 1. The zero-order valence-electron chi connectivity index (χ0n) is 11.3. The van der Waals surface area contributed by atoms with Crippen molar-refractivity contribution < 1.29 is 24.5 Å². The smallest absolute Gasteiger partial charge is 0.332 e. The van der Waals surface area contributed by atoms with Crippen LogP contribution in [0.2, 0.25) is 0 Å². The van der Waals surface area contributed by atoms with E-state index in [-0.39, 0.29) is 25.5 Å². The van der Waals surface area contributed by atoms with Crippen molar-refractivity contribution in [3.8, 4) is 5.75 Å². The molecule has 1 aromatic carbocycles. The molecular formula is C14H19NO5. The molecule has 0 spiro atoms. The van der Waals surface area contributed by atoms with Gasteiger partial charge in [-0.05, 0) is 24.1 Å². The number of nitrogens with one attached hydrogen (secondary N) is 1. The van der Waals surface area contributed by atoms with E-state index in [0.29, 0.717) is 5.75 Å². The SMILES string of the molecule is CCc1ccc(OCC(=O)NCC[C@H](O)C(=O)O)cc1. The molecule has 0 aliphatic rings. The van der Waals surface area contributed by atoms with Gasteiger partial charge in [0.1, 0.15) is 5.75 Å². The molecular weight excluding hydrogens is 262 g/mol. The standard InChI is InChI=1S/C14H19NO5/c1-2-10-3-5-11(6-4-10)20-9-13(17)15-8-7-12(16)14(18)19/h3-6,12,16H,2,7-9H2,1H3,(H,15,17)(H,18,19)/t12-/m0/s1. The van der Waals surface area contributed by atoms with Crippen LogP contribution in [0.3, 0.4) is 0 Å². The summed E-state index contributed by atoms with van der Waals surface area (Å²) < 4.78 is 5.28. The predicted molar refractivity (Wildman–Crippen MR) is 72.6 cm³/mol. The fraction of sp³-hybridized carbons (Fsp3) is 0.429. The molecule has 20 heavy (non-hydrogen) atoms. The molecule has 0 aromatic heterocycles. The molecule has 0 saturated carbocycles. The highest BCUT2D eigenvalue weighted by molar-refractivity contribution is 5.77. The number of carbonyl (C=O) groups excluding carboxylic acids is 1. The van der Waals surface area contributed by atoms with Crippen LogP contribution >= 0.6 is 0 Å². The summed E-state index contributed by atoms with van der Waals surface area (Å²) in [4.78, 5) is 21.8. The normalized spacial score (nSPS) is 11.7. The molecule has 6 nitrogen and oxygen atoms in total. The number of aryl methyl sites for hydroxylation is 1. The zero-order chi connectivity index (χ0) is 15.0. The molecule has 110 valence electrons. The van der Waals surface area contributed by atoms with Crippen molar-refractivity contribution in [1.82, 2.24) is 5.32 Å². The van der Waals surface area contributed by atoms with Gasteiger partial charge in [0.2, 0.25) is 0 Å². The third kappa shape index (κ3) is 5.71. The minimum absolute atomic E-state index is 0.0354. The van der Waals surface area contributed by atoms with Gasteiger partial charge in [-0.3, -0.25) is 4.79 Å². The van der Waals surface area contributed by atoms with Crippen molar-refractivity contribution in [3.05, 3.63) is 29.8 Å². The van der Waals surface area contributed by atoms with Crippen molar-refractivity contribution in [2.75, 3.05) is 13.2 Å². The minimum Gasteiger partial charge on any atom is -0.484 e. The number of carbonyl (C=O) groups is 2. The number of ether oxygens (including phenoxy) is 1. The second-order valence-corrected chi connectivity index (χ2v) is 4.28. The van der Waals surface area contributed by atoms with Crippen molar-refractivity contribution in [3.63, 3.8) is 0 Å². The summed E-state index contributed by atoms with van der Waals surface area (Å²) in [6.07, 6.45) is -0.559. The summed E-state index contributed by atoms with van der Waals surface area (Å²) >= 11 is 0. The third-order valence-electron chi connectivity index (χ3n) is 2.73. The van der Waals surface area contributed by atoms with E-state index in [4.69, 9.17) is 14.9 Å². The van der Waals surface area contributed by atoms with Crippen LogP contribution in [-0.2, 0) is 16.0 Å². The number of carboxylic acid groups (broad SMARTS) is 1. The number of aliphatic carboxylic acids is 1. The van der Waals surface area contributed by atoms with Gasteiger partial charge in [-0.15, -0.1) is 0 Å². The number of carboxylic acids is 1. The first kappa shape index (κ1) is 16.0. The van der Waals surface area contributed by atoms with E-state index in [2.05, 4.69) is 12.2 Å². The first-order chi connectivity index (χ1) is 9.52.